The van der Waals surface area contributed by atoms with Gasteiger partial charge in [0.05, 0.1) is 4.90 Å². The molecule has 0 aliphatic rings. The second kappa shape index (κ2) is 5.86. The van der Waals surface area contributed by atoms with E-state index in [9.17, 15) is 12.8 Å². The molecule has 1 aromatic heterocycles. The number of aromatic nitrogens is 1. The van der Waals surface area contributed by atoms with E-state index in [1.165, 1.54) is 24.4 Å². The summed E-state index contributed by atoms with van der Waals surface area (Å²) in [5.41, 5.74) is 5.50. The van der Waals surface area contributed by atoms with Crippen LogP contribution in [0.4, 0.5) is 10.2 Å². The summed E-state index contributed by atoms with van der Waals surface area (Å²) in [7, 11) is -3.83. The fourth-order valence-electron chi connectivity index (χ4n) is 1.51. The molecule has 0 atom stereocenters. The Kier molecular flexibility index (Phi) is 4.36. The Bertz CT molecular complexity index is 720. The van der Waals surface area contributed by atoms with Crippen LogP contribution in [0.2, 0.25) is 0 Å². The van der Waals surface area contributed by atoms with E-state index >= 15 is 0 Å². The first kappa shape index (κ1) is 14.9. The van der Waals surface area contributed by atoms with E-state index in [2.05, 4.69) is 25.6 Å². The third-order valence-corrected chi connectivity index (χ3v) is 4.34. The number of anilines is 1. The first-order chi connectivity index (χ1) is 9.42. The molecule has 0 radical (unpaired) electrons. The van der Waals surface area contributed by atoms with E-state index in [1.807, 2.05) is 0 Å². The molecule has 5 nitrogen and oxygen atoms in total. The summed E-state index contributed by atoms with van der Waals surface area (Å²) < 4.78 is 40.6. The summed E-state index contributed by atoms with van der Waals surface area (Å²) in [6.07, 6.45) is 1.47. The van der Waals surface area contributed by atoms with Gasteiger partial charge >= 0.3 is 0 Å². The maximum Gasteiger partial charge on any atom is 0.263 e. The van der Waals surface area contributed by atoms with Crippen molar-refractivity contribution in [3.63, 3.8) is 0 Å². The first-order valence-corrected chi connectivity index (χ1v) is 7.83. The van der Waals surface area contributed by atoms with Gasteiger partial charge in [-0.05, 0) is 46.3 Å². The molecule has 0 unspecified atom stereocenters. The number of halogens is 2. The Balaban J connectivity index is 2.33. The highest BCUT2D eigenvalue weighted by atomic mass is 79.9. The van der Waals surface area contributed by atoms with Crippen LogP contribution in [0, 0.1) is 5.82 Å². The van der Waals surface area contributed by atoms with Gasteiger partial charge in [0.1, 0.15) is 11.6 Å². The summed E-state index contributed by atoms with van der Waals surface area (Å²) in [6.45, 7) is -0.0777. The van der Waals surface area contributed by atoms with Crippen LogP contribution in [0.3, 0.4) is 0 Å². The zero-order valence-electron chi connectivity index (χ0n) is 10.2. The van der Waals surface area contributed by atoms with Gasteiger partial charge in [-0.3, -0.25) is 4.72 Å². The summed E-state index contributed by atoms with van der Waals surface area (Å²) in [6, 6.07) is 6.62. The van der Waals surface area contributed by atoms with Crippen LogP contribution in [0.1, 0.15) is 5.56 Å². The van der Waals surface area contributed by atoms with Gasteiger partial charge in [0, 0.05) is 22.8 Å². The van der Waals surface area contributed by atoms with E-state index in [0.29, 0.717) is 0 Å². The van der Waals surface area contributed by atoms with Gasteiger partial charge in [0.15, 0.2) is 0 Å². The molecular weight excluding hydrogens is 349 g/mol. The lowest BCUT2D eigenvalue weighted by Gasteiger charge is -2.09. The van der Waals surface area contributed by atoms with Crippen molar-refractivity contribution in [1.29, 1.82) is 0 Å². The molecule has 0 aliphatic heterocycles. The van der Waals surface area contributed by atoms with Crippen molar-refractivity contribution < 1.29 is 12.8 Å². The normalized spacial score (nSPS) is 11.3. The van der Waals surface area contributed by atoms with Crippen molar-refractivity contribution in [2.24, 2.45) is 5.73 Å². The molecule has 0 saturated heterocycles. The molecule has 0 fully saturated rings. The Morgan fingerprint density at radius 3 is 2.65 bits per heavy atom. The van der Waals surface area contributed by atoms with Crippen LogP contribution < -0.4 is 10.5 Å². The topological polar surface area (TPSA) is 85.1 Å². The maximum atomic E-state index is 13.3. The summed E-state index contributed by atoms with van der Waals surface area (Å²) in [5, 5.41) is 0. The van der Waals surface area contributed by atoms with E-state index in [-0.39, 0.29) is 22.8 Å². The number of nitrogens with one attached hydrogen (secondary N) is 1. The number of sulfonamides is 1. The Morgan fingerprint density at radius 1 is 1.30 bits per heavy atom. The summed E-state index contributed by atoms with van der Waals surface area (Å²) in [4.78, 5) is 3.85. The first-order valence-electron chi connectivity index (χ1n) is 5.55. The zero-order valence-corrected chi connectivity index (χ0v) is 12.6. The molecule has 0 amide bonds. The van der Waals surface area contributed by atoms with E-state index in [0.717, 1.165) is 10.5 Å². The van der Waals surface area contributed by atoms with Crippen molar-refractivity contribution in [2.45, 2.75) is 11.4 Å². The van der Waals surface area contributed by atoms with Crippen LogP contribution in [0.15, 0.2) is 45.9 Å². The molecule has 1 aromatic carbocycles. The number of rotatable bonds is 4. The molecule has 0 saturated carbocycles. The zero-order chi connectivity index (χ0) is 14.8. The highest BCUT2D eigenvalue weighted by Gasteiger charge is 2.16. The van der Waals surface area contributed by atoms with Crippen molar-refractivity contribution in [2.75, 3.05) is 4.72 Å². The molecule has 0 aliphatic carbocycles. The summed E-state index contributed by atoms with van der Waals surface area (Å²) in [5.74, 6) is -0.361. The molecule has 0 bridgehead atoms. The third kappa shape index (κ3) is 3.33. The molecule has 1 heterocycles. The fourth-order valence-corrected chi connectivity index (χ4v) is 2.80. The number of hydrogen-bond acceptors (Lipinski definition) is 4. The van der Waals surface area contributed by atoms with E-state index in [1.54, 1.807) is 6.07 Å². The molecule has 106 valence electrons. The second-order valence-corrected chi connectivity index (χ2v) is 6.52. The van der Waals surface area contributed by atoms with Gasteiger partial charge in [-0.15, -0.1) is 0 Å². The maximum absolute atomic E-state index is 13.3. The SMILES string of the molecule is NCc1cc(S(=O)(=O)Nc2ccc(Br)cn2)ccc1F. The van der Waals surface area contributed by atoms with Gasteiger partial charge in [0.2, 0.25) is 0 Å². The van der Waals surface area contributed by atoms with Gasteiger partial charge in [-0.1, -0.05) is 0 Å². The Labute approximate surface area is 124 Å². The van der Waals surface area contributed by atoms with E-state index in [4.69, 9.17) is 5.73 Å². The molecule has 2 aromatic rings. The standard InChI is InChI=1S/C12H11BrFN3O2S/c13-9-1-4-12(16-7-9)17-20(18,19)10-2-3-11(14)8(5-10)6-15/h1-5,7H,6,15H2,(H,16,17). The molecular formula is C12H11BrFN3O2S. The van der Waals surface area contributed by atoms with Gasteiger partial charge in [-0.25, -0.2) is 17.8 Å². The second-order valence-electron chi connectivity index (χ2n) is 3.92. The molecule has 2 rings (SSSR count). The lowest BCUT2D eigenvalue weighted by Crippen LogP contribution is -2.14. The number of nitrogens with zero attached hydrogens (tertiary/aromatic N) is 1. The average Bonchev–Trinajstić information content (AvgIpc) is 2.41. The number of hydrogen-bond donors (Lipinski definition) is 2. The third-order valence-electron chi connectivity index (χ3n) is 2.51. The van der Waals surface area contributed by atoms with Crippen LogP contribution in [-0.2, 0) is 16.6 Å². The highest BCUT2D eigenvalue weighted by Crippen LogP contribution is 2.18. The largest absolute Gasteiger partial charge is 0.326 e. The Morgan fingerprint density at radius 2 is 2.05 bits per heavy atom. The quantitative estimate of drug-likeness (QED) is 0.876. The van der Waals surface area contributed by atoms with Crippen LogP contribution in [0.5, 0.6) is 0 Å². The fraction of sp³-hybridized carbons (Fsp3) is 0.0833. The smallest absolute Gasteiger partial charge is 0.263 e. The number of pyridine rings is 1. The van der Waals surface area contributed by atoms with Crippen LogP contribution >= 0.6 is 15.9 Å². The molecule has 0 spiro atoms. The average molecular weight is 360 g/mol. The van der Waals surface area contributed by atoms with Gasteiger partial charge < -0.3 is 5.73 Å². The van der Waals surface area contributed by atoms with Crippen LogP contribution in [0.25, 0.3) is 0 Å². The van der Waals surface area contributed by atoms with Crippen molar-refractivity contribution in [3.05, 3.63) is 52.4 Å². The van der Waals surface area contributed by atoms with Crippen molar-refractivity contribution in [3.8, 4) is 0 Å². The lowest BCUT2D eigenvalue weighted by molar-refractivity contribution is 0.596. The van der Waals surface area contributed by atoms with Gasteiger partial charge in [-0.2, -0.15) is 0 Å². The van der Waals surface area contributed by atoms with Gasteiger partial charge in [0.25, 0.3) is 10.0 Å². The highest BCUT2D eigenvalue weighted by molar-refractivity contribution is 9.10. The minimum atomic E-state index is -3.83. The molecule has 20 heavy (non-hydrogen) atoms. The van der Waals surface area contributed by atoms with E-state index < -0.39 is 15.8 Å². The Hall–Kier alpha value is -1.51. The molecule has 8 heteroatoms. The minimum absolute atomic E-state index is 0.0657. The lowest BCUT2D eigenvalue weighted by atomic mass is 10.2. The number of benzene rings is 1. The number of nitrogens with two attached hydrogens (primary N) is 1. The summed E-state index contributed by atoms with van der Waals surface area (Å²) >= 11 is 3.20. The molecule has 3 N–H and O–H groups in total. The predicted octanol–water partition coefficient (Wildman–Crippen LogP) is 2.24. The monoisotopic (exact) mass is 359 g/mol. The van der Waals surface area contributed by atoms with Crippen molar-refractivity contribution >= 4 is 31.8 Å². The van der Waals surface area contributed by atoms with Crippen LogP contribution in [-0.4, -0.2) is 13.4 Å². The predicted molar refractivity (Wildman–Crippen MR) is 77.0 cm³/mol. The minimum Gasteiger partial charge on any atom is -0.326 e. The van der Waals surface area contributed by atoms with Crippen molar-refractivity contribution in [1.82, 2.24) is 4.98 Å².